The Morgan fingerprint density at radius 3 is 2.76 bits per heavy atom. The van der Waals surface area contributed by atoms with Gasteiger partial charge in [0.15, 0.2) is 0 Å². The van der Waals surface area contributed by atoms with Crippen LogP contribution < -0.4 is 4.74 Å². The van der Waals surface area contributed by atoms with Crippen LogP contribution in [0.3, 0.4) is 0 Å². The SMILES string of the molecule is COc1cc(C)ccc1CN1C[C@H](C(=O)O)[C@@H](c2cccc(F)c2)C1. The summed E-state index contributed by atoms with van der Waals surface area (Å²) in [5.74, 6) is -1.13. The maximum Gasteiger partial charge on any atom is 0.308 e. The molecule has 0 radical (unpaired) electrons. The molecule has 132 valence electrons. The third-order valence-electron chi connectivity index (χ3n) is 4.83. The van der Waals surface area contributed by atoms with Crippen LogP contribution in [0.15, 0.2) is 42.5 Å². The van der Waals surface area contributed by atoms with E-state index >= 15 is 0 Å². The Labute approximate surface area is 146 Å². The van der Waals surface area contributed by atoms with Gasteiger partial charge < -0.3 is 9.84 Å². The second-order valence-corrected chi connectivity index (χ2v) is 6.62. The number of hydrogen-bond acceptors (Lipinski definition) is 3. The smallest absolute Gasteiger partial charge is 0.308 e. The number of benzene rings is 2. The fraction of sp³-hybridized carbons (Fsp3) is 0.350. The first-order valence-corrected chi connectivity index (χ1v) is 8.32. The van der Waals surface area contributed by atoms with Crippen LogP contribution >= 0.6 is 0 Å². The van der Waals surface area contributed by atoms with Crippen molar-refractivity contribution in [2.45, 2.75) is 19.4 Å². The first kappa shape index (κ1) is 17.4. The second-order valence-electron chi connectivity index (χ2n) is 6.62. The predicted octanol–water partition coefficient (Wildman–Crippen LogP) is 3.44. The Balaban J connectivity index is 1.82. The number of rotatable bonds is 5. The molecule has 0 saturated carbocycles. The lowest BCUT2D eigenvalue weighted by molar-refractivity contribution is -0.141. The molecule has 3 rings (SSSR count). The van der Waals surface area contributed by atoms with E-state index in [0.717, 1.165) is 22.4 Å². The van der Waals surface area contributed by atoms with E-state index in [9.17, 15) is 14.3 Å². The zero-order valence-electron chi connectivity index (χ0n) is 14.4. The largest absolute Gasteiger partial charge is 0.496 e. The lowest BCUT2D eigenvalue weighted by Gasteiger charge is -2.18. The van der Waals surface area contributed by atoms with Gasteiger partial charge in [0.2, 0.25) is 0 Å². The predicted molar refractivity (Wildman–Crippen MR) is 93.3 cm³/mol. The number of aryl methyl sites for hydroxylation is 1. The monoisotopic (exact) mass is 343 g/mol. The van der Waals surface area contributed by atoms with Crippen LogP contribution in [0.1, 0.15) is 22.6 Å². The Bertz CT molecular complexity index is 777. The summed E-state index contributed by atoms with van der Waals surface area (Å²) in [6.45, 7) is 3.63. The molecule has 0 aromatic heterocycles. The molecule has 1 N–H and O–H groups in total. The molecule has 0 spiro atoms. The highest BCUT2D eigenvalue weighted by atomic mass is 19.1. The molecule has 2 atom stereocenters. The zero-order chi connectivity index (χ0) is 18.0. The number of carboxylic acid groups (broad SMARTS) is 1. The summed E-state index contributed by atoms with van der Waals surface area (Å²) in [5.41, 5.74) is 2.88. The molecule has 4 nitrogen and oxygen atoms in total. The van der Waals surface area contributed by atoms with Crippen molar-refractivity contribution < 1.29 is 19.0 Å². The van der Waals surface area contributed by atoms with Crippen molar-refractivity contribution in [3.05, 3.63) is 65.0 Å². The number of carboxylic acids is 1. The van der Waals surface area contributed by atoms with Crippen LogP contribution in [0.5, 0.6) is 5.75 Å². The normalized spacial score (nSPS) is 20.6. The van der Waals surface area contributed by atoms with E-state index in [1.165, 1.54) is 12.1 Å². The average Bonchev–Trinajstić information content (AvgIpc) is 3.00. The number of nitrogens with zero attached hydrogens (tertiary/aromatic N) is 1. The molecule has 1 aliphatic heterocycles. The maximum absolute atomic E-state index is 13.6. The van der Waals surface area contributed by atoms with E-state index in [0.29, 0.717) is 19.6 Å². The van der Waals surface area contributed by atoms with Crippen LogP contribution in [0.4, 0.5) is 4.39 Å². The van der Waals surface area contributed by atoms with Gasteiger partial charge in [0.1, 0.15) is 11.6 Å². The fourth-order valence-electron chi connectivity index (χ4n) is 3.56. The summed E-state index contributed by atoms with van der Waals surface area (Å²) in [4.78, 5) is 13.8. The van der Waals surface area contributed by atoms with Gasteiger partial charge in [-0.2, -0.15) is 0 Å². The number of ether oxygens (including phenoxy) is 1. The van der Waals surface area contributed by atoms with Crippen LogP contribution in [0.25, 0.3) is 0 Å². The standard InChI is InChI=1S/C20H22FNO3/c1-13-6-7-15(19(8-13)25-2)10-22-11-17(18(12-22)20(23)24)14-4-3-5-16(21)9-14/h3-9,17-18H,10-12H2,1-2H3,(H,23,24)/t17-,18+/m1/s1. The molecule has 1 aliphatic rings. The van der Waals surface area contributed by atoms with Gasteiger partial charge in [-0.05, 0) is 36.2 Å². The maximum atomic E-state index is 13.6. The Hall–Kier alpha value is -2.40. The first-order valence-electron chi connectivity index (χ1n) is 8.32. The van der Waals surface area contributed by atoms with Gasteiger partial charge in [-0.3, -0.25) is 9.69 Å². The van der Waals surface area contributed by atoms with Crippen molar-refractivity contribution in [2.75, 3.05) is 20.2 Å². The minimum Gasteiger partial charge on any atom is -0.496 e. The van der Waals surface area contributed by atoms with Crippen LogP contribution in [0, 0.1) is 18.7 Å². The van der Waals surface area contributed by atoms with Gasteiger partial charge in [0.25, 0.3) is 0 Å². The zero-order valence-corrected chi connectivity index (χ0v) is 14.4. The molecule has 25 heavy (non-hydrogen) atoms. The minimum absolute atomic E-state index is 0.218. The molecule has 0 unspecified atom stereocenters. The molecule has 5 heteroatoms. The van der Waals surface area contributed by atoms with E-state index < -0.39 is 11.9 Å². The van der Waals surface area contributed by atoms with Gasteiger partial charge >= 0.3 is 5.97 Å². The molecule has 1 heterocycles. The Kier molecular flexibility index (Phi) is 5.04. The summed E-state index contributed by atoms with van der Waals surface area (Å²) >= 11 is 0. The number of likely N-dealkylation sites (tertiary alicyclic amines) is 1. The highest BCUT2D eigenvalue weighted by Crippen LogP contribution is 2.35. The van der Waals surface area contributed by atoms with Gasteiger partial charge in [0.05, 0.1) is 13.0 Å². The van der Waals surface area contributed by atoms with Crippen molar-refractivity contribution in [2.24, 2.45) is 5.92 Å². The van der Waals surface area contributed by atoms with Gasteiger partial charge in [-0.25, -0.2) is 4.39 Å². The quantitative estimate of drug-likeness (QED) is 0.903. The average molecular weight is 343 g/mol. The molecule has 0 amide bonds. The van der Waals surface area contributed by atoms with Crippen molar-refractivity contribution in [3.63, 3.8) is 0 Å². The fourth-order valence-corrected chi connectivity index (χ4v) is 3.56. The molecule has 1 saturated heterocycles. The Morgan fingerprint density at radius 1 is 1.28 bits per heavy atom. The number of hydrogen-bond donors (Lipinski definition) is 1. The number of aliphatic carboxylic acids is 1. The van der Waals surface area contributed by atoms with Crippen molar-refractivity contribution in [1.82, 2.24) is 4.90 Å². The van der Waals surface area contributed by atoms with E-state index in [1.807, 2.05) is 25.1 Å². The van der Waals surface area contributed by atoms with Crippen molar-refractivity contribution in [1.29, 1.82) is 0 Å². The summed E-state index contributed by atoms with van der Waals surface area (Å²) in [6, 6.07) is 12.3. The number of halogens is 1. The lowest BCUT2D eigenvalue weighted by Crippen LogP contribution is -2.23. The lowest BCUT2D eigenvalue weighted by atomic mass is 9.89. The topological polar surface area (TPSA) is 49.8 Å². The number of methoxy groups -OCH3 is 1. The highest BCUT2D eigenvalue weighted by molar-refractivity contribution is 5.72. The van der Waals surface area contributed by atoms with E-state index in [-0.39, 0.29) is 11.7 Å². The Morgan fingerprint density at radius 2 is 2.08 bits per heavy atom. The van der Waals surface area contributed by atoms with Crippen LogP contribution in [-0.2, 0) is 11.3 Å². The molecule has 0 aliphatic carbocycles. The van der Waals surface area contributed by atoms with E-state index in [1.54, 1.807) is 19.2 Å². The van der Waals surface area contributed by atoms with Crippen LogP contribution in [0.2, 0.25) is 0 Å². The molecular formula is C20H22FNO3. The van der Waals surface area contributed by atoms with E-state index in [2.05, 4.69) is 4.90 Å². The summed E-state index contributed by atoms with van der Waals surface area (Å²) in [5, 5.41) is 9.59. The van der Waals surface area contributed by atoms with Crippen molar-refractivity contribution in [3.8, 4) is 5.75 Å². The molecule has 1 fully saturated rings. The van der Waals surface area contributed by atoms with Gasteiger partial charge in [0, 0.05) is 31.1 Å². The van der Waals surface area contributed by atoms with Crippen LogP contribution in [-0.4, -0.2) is 36.2 Å². The molecular weight excluding hydrogens is 321 g/mol. The third-order valence-corrected chi connectivity index (χ3v) is 4.83. The highest BCUT2D eigenvalue weighted by Gasteiger charge is 2.38. The van der Waals surface area contributed by atoms with E-state index in [4.69, 9.17) is 4.74 Å². The third kappa shape index (κ3) is 3.82. The number of carbonyl (C=O) groups is 1. The molecule has 2 aromatic carbocycles. The minimum atomic E-state index is -0.840. The summed E-state index contributed by atoms with van der Waals surface area (Å²) in [7, 11) is 1.64. The molecule has 0 bridgehead atoms. The second kappa shape index (κ2) is 7.23. The first-order chi connectivity index (χ1) is 12.0. The van der Waals surface area contributed by atoms with Crippen molar-refractivity contribution >= 4 is 5.97 Å². The van der Waals surface area contributed by atoms with Gasteiger partial charge in [-0.1, -0.05) is 24.3 Å². The van der Waals surface area contributed by atoms with Gasteiger partial charge in [-0.15, -0.1) is 0 Å². The molecule has 2 aromatic rings. The summed E-state index contributed by atoms with van der Waals surface area (Å²) in [6.07, 6.45) is 0. The summed E-state index contributed by atoms with van der Waals surface area (Å²) < 4.78 is 19.0.